The van der Waals surface area contributed by atoms with Crippen LogP contribution in [-0.4, -0.2) is 38.7 Å². The highest BCUT2D eigenvalue weighted by atomic mass is 16.5. The molecule has 2 aromatic carbocycles. The van der Waals surface area contributed by atoms with Gasteiger partial charge in [-0.2, -0.15) is 0 Å². The van der Waals surface area contributed by atoms with Gasteiger partial charge < -0.3 is 9.72 Å². The lowest BCUT2D eigenvalue weighted by Crippen LogP contribution is -2.48. The van der Waals surface area contributed by atoms with Gasteiger partial charge in [-0.05, 0) is 37.1 Å². The summed E-state index contributed by atoms with van der Waals surface area (Å²) in [5.41, 5.74) is 0.660. The molecule has 1 aromatic heterocycles. The van der Waals surface area contributed by atoms with Gasteiger partial charge in [0.05, 0.1) is 22.0 Å². The van der Waals surface area contributed by atoms with Crippen LogP contribution in [0.4, 0.5) is 0 Å². The lowest BCUT2D eigenvalue weighted by atomic mass is 10.0. The van der Waals surface area contributed by atoms with Crippen molar-refractivity contribution in [3.63, 3.8) is 0 Å². The van der Waals surface area contributed by atoms with Crippen LogP contribution < -0.4 is 5.56 Å². The quantitative estimate of drug-likeness (QED) is 0.503. The third-order valence-corrected chi connectivity index (χ3v) is 5.29. The summed E-state index contributed by atoms with van der Waals surface area (Å²) in [5, 5.41) is 0.427. The number of benzene rings is 2. The minimum absolute atomic E-state index is 0.182. The van der Waals surface area contributed by atoms with Crippen molar-refractivity contribution in [2.45, 2.75) is 32.9 Å². The summed E-state index contributed by atoms with van der Waals surface area (Å²) in [6.07, 6.45) is -0.888. The number of H-pyrrole nitrogens is 1. The summed E-state index contributed by atoms with van der Waals surface area (Å²) in [7, 11) is 0. The SMILES string of the molecule is CC(C)[C@H](C(=O)O[C@H](C)c1nc2ccccc2c(=O)[nH]1)N1C(=O)c2ccccc2C1=O. The molecule has 2 atom stereocenters. The summed E-state index contributed by atoms with van der Waals surface area (Å²) in [4.78, 5) is 59.0. The maximum absolute atomic E-state index is 13.1. The molecule has 0 radical (unpaired) electrons. The van der Waals surface area contributed by atoms with Crippen LogP contribution in [0.3, 0.4) is 0 Å². The van der Waals surface area contributed by atoms with Crippen molar-refractivity contribution in [1.82, 2.24) is 14.9 Å². The monoisotopic (exact) mass is 419 g/mol. The van der Waals surface area contributed by atoms with E-state index in [2.05, 4.69) is 9.97 Å². The second-order valence-corrected chi connectivity index (χ2v) is 7.76. The van der Waals surface area contributed by atoms with Gasteiger partial charge in [-0.25, -0.2) is 9.78 Å². The Labute approximate surface area is 177 Å². The fourth-order valence-electron chi connectivity index (χ4n) is 3.73. The van der Waals surface area contributed by atoms with Crippen LogP contribution in [0.5, 0.6) is 0 Å². The number of fused-ring (bicyclic) bond motifs is 2. The lowest BCUT2D eigenvalue weighted by Gasteiger charge is -2.28. The molecule has 2 amide bonds. The second kappa shape index (κ2) is 7.79. The minimum atomic E-state index is -1.11. The number of ether oxygens (including phenoxy) is 1. The lowest BCUT2D eigenvalue weighted by molar-refractivity contribution is -0.155. The van der Waals surface area contributed by atoms with Crippen LogP contribution in [0, 0.1) is 5.92 Å². The number of aromatic amines is 1. The first-order chi connectivity index (χ1) is 14.8. The van der Waals surface area contributed by atoms with Gasteiger partial charge in [0.25, 0.3) is 17.4 Å². The van der Waals surface area contributed by atoms with Crippen molar-refractivity contribution in [2.75, 3.05) is 0 Å². The van der Waals surface area contributed by atoms with Crippen molar-refractivity contribution < 1.29 is 19.1 Å². The zero-order chi connectivity index (χ0) is 22.3. The van der Waals surface area contributed by atoms with Crippen LogP contribution in [0.1, 0.15) is 53.4 Å². The fraction of sp³-hybridized carbons (Fsp3) is 0.261. The molecule has 0 unspecified atom stereocenters. The molecule has 0 bridgehead atoms. The molecule has 1 aliphatic rings. The number of amides is 2. The number of para-hydroxylation sites is 1. The normalized spacial score (nSPS) is 15.3. The van der Waals surface area contributed by atoms with Crippen LogP contribution in [-0.2, 0) is 9.53 Å². The fourth-order valence-corrected chi connectivity index (χ4v) is 3.73. The molecule has 3 aromatic rings. The number of nitrogens with one attached hydrogen (secondary N) is 1. The number of nitrogens with zero attached hydrogens (tertiary/aromatic N) is 2. The Bertz CT molecular complexity index is 1230. The minimum Gasteiger partial charge on any atom is -0.453 e. The Kier molecular flexibility index (Phi) is 5.14. The van der Waals surface area contributed by atoms with Crippen LogP contribution in [0.25, 0.3) is 10.9 Å². The maximum atomic E-state index is 13.1. The number of rotatable bonds is 5. The highest BCUT2D eigenvalue weighted by molar-refractivity contribution is 6.22. The summed E-state index contributed by atoms with van der Waals surface area (Å²) in [5.74, 6) is -2.00. The largest absolute Gasteiger partial charge is 0.453 e. The summed E-state index contributed by atoms with van der Waals surface area (Å²) >= 11 is 0. The average Bonchev–Trinajstić information content (AvgIpc) is 2.99. The highest BCUT2D eigenvalue weighted by Crippen LogP contribution is 2.28. The number of imide groups is 1. The molecule has 0 saturated carbocycles. The predicted octanol–water partition coefficient (Wildman–Crippen LogP) is 2.85. The molecular formula is C23H21N3O5. The number of hydrogen-bond acceptors (Lipinski definition) is 6. The van der Waals surface area contributed by atoms with E-state index in [1.165, 1.54) is 0 Å². The van der Waals surface area contributed by atoms with Crippen LogP contribution in [0.15, 0.2) is 53.3 Å². The molecule has 4 rings (SSSR count). The number of hydrogen-bond donors (Lipinski definition) is 1. The van der Waals surface area contributed by atoms with E-state index < -0.39 is 29.9 Å². The topological polar surface area (TPSA) is 109 Å². The summed E-state index contributed by atoms with van der Waals surface area (Å²) in [6, 6.07) is 12.2. The van der Waals surface area contributed by atoms with E-state index in [0.29, 0.717) is 10.9 Å². The molecule has 1 N–H and O–H groups in total. The molecule has 0 aliphatic carbocycles. The van der Waals surface area contributed by atoms with E-state index in [0.717, 1.165) is 4.90 Å². The molecule has 0 spiro atoms. The molecule has 1 aliphatic heterocycles. The predicted molar refractivity (Wildman–Crippen MR) is 112 cm³/mol. The first-order valence-electron chi connectivity index (χ1n) is 9.96. The van der Waals surface area contributed by atoms with Gasteiger partial charge in [0.2, 0.25) is 0 Å². The molecule has 8 heteroatoms. The van der Waals surface area contributed by atoms with E-state index in [1.807, 2.05) is 0 Å². The molecule has 31 heavy (non-hydrogen) atoms. The first-order valence-corrected chi connectivity index (χ1v) is 9.96. The van der Waals surface area contributed by atoms with Gasteiger partial charge in [0.15, 0.2) is 11.9 Å². The smallest absolute Gasteiger partial charge is 0.330 e. The van der Waals surface area contributed by atoms with Gasteiger partial charge in [0.1, 0.15) is 6.04 Å². The Hall–Kier alpha value is -3.81. The van der Waals surface area contributed by atoms with Crippen LogP contribution >= 0.6 is 0 Å². The Morgan fingerprint density at radius 2 is 1.52 bits per heavy atom. The molecule has 0 saturated heterocycles. The van der Waals surface area contributed by atoms with E-state index in [4.69, 9.17) is 4.74 Å². The number of carbonyl (C=O) groups is 3. The second-order valence-electron chi connectivity index (χ2n) is 7.76. The molecule has 2 heterocycles. The molecular weight excluding hydrogens is 398 g/mol. The first kappa shape index (κ1) is 20.5. The van der Waals surface area contributed by atoms with Crippen molar-refractivity contribution in [2.24, 2.45) is 5.92 Å². The molecule has 8 nitrogen and oxygen atoms in total. The van der Waals surface area contributed by atoms with Gasteiger partial charge in [0, 0.05) is 0 Å². The average molecular weight is 419 g/mol. The maximum Gasteiger partial charge on any atom is 0.330 e. The van der Waals surface area contributed by atoms with Crippen molar-refractivity contribution in [3.05, 3.63) is 75.8 Å². The Morgan fingerprint density at radius 3 is 2.13 bits per heavy atom. The molecule has 0 fully saturated rings. The van der Waals surface area contributed by atoms with Crippen molar-refractivity contribution in [1.29, 1.82) is 0 Å². The van der Waals surface area contributed by atoms with Gasteiger partial charge >= 0.3 is 5.97 Å². The van der Waals surface area contributed by atoms with Gasteiger partial charge in [-0.1, -0.05) is 38.1 Å². The summed E-state index contributed by atoms with van der Waals surface area (Å²) < 4.78 is 5.55. The zero-order valence-corrected chi connectivity index (χ0v) is 17.3. The Morgan fingerprint density at radius 1 is 0.935 bits per heavy atom. The third-order valence-electron chi connectivity index (χ3n) is 5.29. The van der Waals surface area contributed by atoms with Crippen LogP contribution in [0.2, 0.25) is 0 Å². The summed E-state index contributed by atoms with van der Waals surface area (Å²) in [6.45, 7) is 5.04. The van der Waals surface area contributed by atoms with Gasteiger partial charge in [-0.3, -0.25) is 19.3 Å². The third kappa shape index (κ3) is 3.50. The standard InChI is InChI=1S/C23H21N3O5/c1-12(2)18(26-21(28)14-8-4-5-9-15(14)22(26)29)23(30)31-13(3)19-24-17-11-7-6-10-16(17)20(27)25-19/h4-13,18H,1-3H3,(H,24,25,27)/t13-,18-/m1/s1. The van der Waals surface area contributed by atoms with E-state index in [1.54, 1.807) is 69.3 Å². The van der Waals surface area contributed by atoms with Gasteiger partial charge in [-0.15, -0.1) is 0 Å². The van der Waals surface area contributed by atoms with Crippen molar-refractivity contribution >= 4 is 28.7 Å². The zero-order valence-electron chi connectivity index (χ0n) is 17.3. The number of esters is 1. The highest BCUT2D eigenvalue weighted by Gasteiger charge is 2.45. The molecule has 158 valence electrons. The number of carbonyl (C=O) groups excluding carboxylic acids is 3. The van der Waals surface area contributed by atoms with E-state index in [-0.39, 0.29) is 28.4 Å². The van der Waals surface area contributed by atoms with Crippen molar-refractivity contribution in [3.8, 4) is 0 Å². The van der Waals surface area contributed by atoms with E-state index in [9.17, 15) is 19.2 Å². The van der Waals surface area contributed by atoms with E-state index >= 15 is 0 Å². The number of aromatic nitrogens is 2. The Balaban J connectivity index is 1.61.